The molecule has 0 aliphatic rings. The Balaban J connectivity index is 0.859. The molecule has 6 aromatic rings. The molecular weight excluding hydrogens is 721 g/mol. The van der Waals surface area contributed by atoms with Gasteiger partial charge in [-0.3, -0.25) is 19.0 Å². The van der Waals surface area contributed by atoms with Crippen LogP contribution in [-0.2, 0) is 20.0 Å². The first-order valence-electron chi connectivity index (χ1n) is 17.9. The number of carbonyl (C=O) groups is 2. The lowest BCUT2D eigenvalue weighted by Gasteiger charge is -2.11. The number of benzene rings is 6. The third-order valence-corrected chi connectivity index (χ3v) is 11.7. The summed E-state index contributed by atoms with van der Waals surface area (Å²) in [7, 11) is -7.69. The molecule has 4 N–H and O–H groups in total. The fourth-order valence-electron chi connectivity index (χ4n) is 6.11. The first-order valence-corrected chi connectivity index (χ1v) is 20.8. The number of hydrogen-bond acceptors (Lipinski definition) is 6. The van der Waals surface area contributed by atoms with Gasteiger partial charge in [-0.2, -0.15) is 0 Å². The van der Waals surface area contributed by atoms with Crippen LogP contribution in [0.25, 0.3) is 21.5 Å². The van der Waals surface area contributed by atoms with Gasteiger partial charge in [0, 0.05) is 35.6 Å². The van der Waals surface area contributed by atoms with Gasteiger partial charge in [0.05, 0.1) is 9.79 Å². The Hall–Kier alpha value is -5.72. The first-order chi connectivity index (χ1) is 26.1. The quantitative estimate of drug-likeness (QED) is 0.0690. The monoisotopic (exact) mass is 762 g/mol. The summed E-state index contributed by atoms with van der Waals surface area (Å²) in [4.78, 5) is 25.8. The normalized spacial score (nSPS) is 11.6. The van der Waals surface area contributed by atoms with Gasteiger partial charge >= 0.3 is 0 Å². The van der Waals surface area contributed by atoms with Gasteiger partial charge in [-0.15, -0.1) is 0 Å². The Morgan fingerprint density at radius 1 is 0.407 bits per heavy atom. The highest BCUT2D eigenvalue weighted by atomic mass is 32.2. The smallest absolute Gasteiger partial charge is 0.261 e. The molecule has 0 spiro atoms. The fourth-order valence-corrected chi connectivity index (χ4v) is 8.28. The van der Waals surface area contributed by atoms with Gasteiger partial charge in [-0.1, -0.05) is 98.5 Å². The lowest BCUT2D eigenvalue weighted by atomic mass is 10.1. The summed E-state index contributed by atoms with van der Waals surface area (Å²) in [6, 6.07) is 37.8. The third-order valence-electron chi connectivity index (χ3n) is 8.99. The molecule has 10 nitrogen and oxygen atoms in total. The Morgan fingerprint density at radius 2 is 0.796 bits per heavy atom. The molecule has 6 rings (SSSR count). The van der Waals surface area contributed by atoms with Gasteiger partial charge in [-0.05, 0) is 95.1 Å². The fraction of sp³-hybridized carbons (Fsp3) is 0.190. The number of hydrogen-bond donors (Lipinski definition) is 4. The Kier molecular flexibility index (Phi) is 12.3. The van der Waals surface area contributed by atoms with Crippen molar-refractivity contribution in [2.24, 2.45) is 0 Å². The number of fused-ring (bicyclic) bond motifs is 2. The zero-order valence-corrected chi connectivity index (χ0v) is 31.3. The largest absolute Gasteiger partial charge is 0.352 e. The minimum atomic E-state index is -3.84. The van der Waals surface area contributed by atoms with E-state index in [9.17, 15) is 26.4 Å². The van der Waals surface area contributed by atoms with Crippen molar-refractivity contribution in [2.45, 2.75) is 48.3 Å². The highest BCUT2D eigenvalue weighted by molar-refractivity contribution is 7.93. The van der Waals surface area contributed by atoms with Gasteiger partial charge < -0.3 is 10.6 Å². The minimum absolute atomic E-state index is 0.143. The van der Waals surface area contributed by atoms with E-state index in [4.69, 9.17) is 0 Å². The van der Waals surface area contributed by atoms with Crippen LogP contribution in [-0.4, -0.2) is 41.7 Å². The van der Waals surface area contributed by atoms with E-state index in [-0.39, 0.29) is 21.6 Å². The molecule has 0 fully saturated rings. The second-order valence-electron chi connectivity index (χ2n) is 13.0. The highest BCUT2D eigenvalue weighted by Crippen LogP contribution is 2.24. The molecule has 0 saturated heterocycles. The van der Waals surface area contributed by atoms with Crippen LogP contribution in [0.15, 0.2) is 143 Å². The SMILES string of the molecule is O=C(NCCCCCCCCNC(=O)c1cccc(NS(=O)(=O)c2ccc3ccccc3c2)c1)c1cccc(NS(=O)(=O)c2ccc3ccccc3c2)c1. The standard InChI is InChI=1S/C42H42N4O6S2/c47-41(35-17-11-19-37(27-35)45-53(49,50)39-23-21-31-13-5-7-15-33(31)29-39)43-25-9-3-1-2-4-10-26-44-42(48)36-18-12-20-38(28-36)46-54(51,52)40-24-22-32-14-6-8-16-34(32)30-40/h5-8,11-24,27-30,45-46H,1-4,9-10,25-26H2,(H,43,47)(H,44,48). The predicted octanol–water partition coefficient (Wildman–Crippen LogP) is 8.10. The van der Waals surface area contributed by atoms with E-state index in [1.807, 2.05) is 48.5 Å². The van der Waals surface area contributed by atoms with Crippen LogP contribution in [0.1, 0.15) is 59.2 Å². The van der Waals surface area contributed by atoms with Crippen molar-refractivity contribution < 1.29 is 26.4 Å². The summed E-state index contributed by atoms with van der Waals surface area (Å²) in [6.45, 7) is 0.999. The third kappa shape index (κ3) is 10.0. The van der Waals surface area contributed by atoms with E-state index < -0.39 is 20.0 Å². The number of amides is 2. The maximum atomic E-state index is 13.0. The zero-order chi connectivity index (χ0) is 38.0. The maximum Gasteiger partial charge on any atom is 0.261 e. The number of rotatable bonds is 17. The summed E-state index contributed by atoms with van der Waals surface area (Å²) < 4.78 is 57.3. The second kappa shape index (κ2) is 17.4. The molecule has 6 aromatic carbocycles. The molecule has 0 aliphatic carbocycles. The molecule has 0 atom stereocenters. The number of unbranched alkanes of at least 4 members (excludes halogenated alkanes) is 5. The maximum absolute atomic E-state index is 13.0. The topological polar surface area (TPSA) is 151 Å². The van der Waals surface area contributed by atoms with Crippen LogP contribution in [0.2, 0.25) is 0 Å². The lowest BCUT2D eigenvalue weighted by molar-refractivity contribution is 0.0944. The summed E-state index contributed by atoms with van der Waals surface area (Å²) in [5.41, 5.74) is 1.34. The van der Waals surface area contributed by atoms with Gasteiger partial charge in [0.2, 0.25) is 0 Å². The van der Waals surface area contributed by atoms with Gasteiger partial charge in [0.1, 0.15) is 0 Å². The zero-order valence-electron chi connectivity index (χ0n) is 29.6. The molecule has 2 amide bonds. The molecular formula is C42H42N4O6S2. The van der Waals surface area contributed by atoms with Crippen molar-refractivity contribution in [3.63, 3.8) is 0 Å². The molecule has 0 bridgehead atoms. The molecule has 278 valence electrons. The van der Waals surface area contributed by atoms with Crippen LogP contribution in [0.3, 0.4) is 0 Å². The van der Waals surface area contributed by atoms with E-state index in [2.05, 4.69) is 20.1 Å². The summed E-state index contributed by atoms with van der Waals surface area (Å²) in [6.07, 6.45) is 5.43. The highest BCUT2D eigenvalue weighted by Gasteiger charge is 2.17. The van der Waals surface area contributed by atoms with Crippen LogP contribution >= 0.6 is 0 Å². The van der Waals surface area contributed by atoms with Crippen LogP contribution < -0.4 is 20.1 Å². The first kappa shape index (κ1) is 38.0. The summed E-state index contributed by atoms with van der Waals surface area (Å²) in [5, 5.41) is 9.35. The van der Waals surface area contributed by atoms with E-state index in [0.29, 0.717) is 35.6 Å². The molecule has 0 aromatic heterocycles. The van der Waals surface area contributed by atoms with E-state index in [1.165, 1.54) is 12.1 Å². The molecule has 0 unspecified atom stereocenters. The van der Waals surface area contributed by atoms with E-state index >= 15 is 0 Å². The van der Waals surface area contributed by atoms with Crippen LogP contribution in [0, 0.1) is 0 Å². The average molecular weight is 763 g/mol. The van der Waals surface area contributed by atoms with E-state index in [1.54, 1.807) is 72.8 Å². The van der Waals surface area contributed by atoms with Gasteiger partial charge in [0.25, 0.3) is 31.9 Å². The number of sulfonamides is 2. The van der Waals surface area contributed by atoms with E-state index in [0.717, 1.165) is 60.1 Å². The molecule has 0 saturated carbocycles. The molecule has 0 radical (unpaired) electrons. The Labute approximate surface area is 316 Å². The molecule has 0 aliphatic heterocycles. The van der Waals surface area contributed by atoms with Crippen LogP contribution in [0.5, 0.6) is 0 Å². The van der Waals surface area contributed by atoms with Crippen molar-refractivity contribution in [3.05, 3.63) is 145 Å². The van der Waals surface area contributed by atoms with Crippen LogP contribution in [0.4, 0.5) is 11.4 Å². The number of anilines is 2. The second-order valence-corrected chi connectivity index (χ2v) is 16.4. The minimum Gasteiger partial charge on any atom is -0.352 e. The lowest BCUT2D eigenvalue weighted by Crippen LogP contribution is -2.24. The van der Waals surface area contributed by atoms with Crippen molar-refractivity contribution in [1.29, 1.82) is 0 Å². The average Bonchev–Trinajstić information content (AvgIpc) is 3.18. The van der Waals surface area contributed by atoms with Gasteiger partial charge in [0.15, 0.2) is 0 Å². The molecule has 12 heteroatoms. The summed E-state index contributed by atoms with van der Waals surface area (Å²) >= 11 is 0. The molecule has 0 heterocycles. The predicted molar refractivity (Wildman–Crippen MR) is 215 cm³/mol. The Morgan fingerprint density at radius 3 is 1.22 bits per heavy atom. The Bertz CT molecular complexity index is 2330. The van der Waals surface area contributed by atoms with Crippen molar-refractivity contribution >= 4 is 64.8 Å². The van der Waals surface area contributed by atoms with Crippen molar-refractivity contribution in [2.75, 3.05) is 22.5 Å². The number of carbonyl (C=O) groups excluding carboxylic acids is 2. The van der Waals surface area contributed by atoms with Crippen molar-refractivity contribution in [1.82, 2.24) is 10.6 Å². The molecule has 54 heavy (non-hydrogen) atoms. The number of nitrogens with one attached hydrogen (secondary N) is 4. The van der Waals surface area contributed by atoms with Crippen molar-refractivity contribution in [3.8, 4) is 0 Å². The summed E-state index contributed by atoms with van der Waals surface area (Å²) in [5.74, 6) is -0.546. The van der Waals surface area contributed by atoms with Gasteiger partial charge in [-0.25, -0.2) is 16.8 Å².